The molecule has 0 bridgehead atoms. The predicted molar refractivity (Wildman–Crippen MR) is 86.2 cm³/mol. The molecule has 3 nitrogen and oxygen atoms in total. The summed E-state index contributed by atoms with van der Waals surface area (Å²) in [6.45, 7) is 9.48. The van der Waals surface area contributed by atoms with Crippen molar-refractivity contribution in [2.75, 3.05) is 11.9 Å². The maximum absolute atomic E-state index is 12.4. The molecule has 1 aromatic rings. The Kier molecular flexibility index (Phi) is 7.13. The predicted octanol–water partition coefficient (Wildman–Crippen LogP) is 4.06. The highest BCUT2D eigenvalue weighted by Gasteiger charge is 2.14. The van der Waals surface area contributed by atoms with Gasteiger partial charge in [0.15, 0.2) is 0 Å². The number of hydrogen-bond acceptors (Lipinski definition) is 2. The molecule has 0 heterocycles. The molecule has 2 N–H and O–H groups in total. The molecular formula is C17H28N2O. The first-order valence-corrected chi connectivity index (χ1v) is 7.72. The molecule has 0 spiro atoms. The molecule has 1 rings (SSSR count). The highest BCUT2D eigenvalue weighted by Crippen LogP contribution is 2.16. The van der Waals surface area contributed by atoms with Crippen LogP contribution in [0.2, 0.25) is 0 Å². The number of amides is 1. The Morgan fingerprint density at radius 1 is 1.20 bits per heavy atom. The summed E-state index contributed by atoms with van der Waals surface area (Å²) in [5, 5.41) is 6.41. The fourth-order valence-electron chi connectivity index (χ4n) is 2.23. The van der Waals surface area contributed by atoms with E-state index in [1.165, 1.54) is 0 Å². The van der Waals surface area contributed by atoms with E-state index in [0.717, 1.165) is 37.1 Å². The Bertz CT molecular complexity index is 417. The lowest BCUT2D eigenvalue weighted by Gasteiger charge is -2.19. The van der Waals surface area contributed by atoms with E-state index >= 15 is 0 Å². The number of nitrogens with one attached hydrogen (secondary N) is 2. The molecule has 0 saturated heterocycles. The molecule has 1 aromatic carbocycles. The quantitative estimate of drug-likeness (QED) is 0.751. The fraction of sp³-hybridized carbons (Fsp3) is 0.588. The van der Waals surface area contributed by atoms with Crippen molar-refractivity contribution in [3.05, 3.63) is 29.8 Å². The molecule has 1 amide bonds. The third-order valence-corrected chi connectivity index (χ3v) is 3.57. The van der Waals surface area contributed by atoms with Gasteiger partial charge in [-0.15, -0.1) is 0 Å². The minimum absolute atomic E-state index is 0.0139. The van der Waals surface area contributed by atoms with Crippen LogP contribution in [0.25, 0.3) is 0 Å². The zero-order valence-electron chi connectivity index (χ0n) is 13.2. The molecule has 0 aliphatic carbocycles. The summed E-state index contributed by atoms with van der Waals surface area (Å²) in [4.78, 5) is 12.4. The lowest BCUT2D eigenvalue weighted by atomic mass is 10.00. The van der Waals surface area contributed by atoms with Crippen LogP contribution in [0.4, 0.5) is 5.69 Å². The molecule has 2 atom stereocenters. The van der Waals surface area contributed by atoms with Crippen molar-refractivity contribution in [1.29, 1.82) is 0 Å². The first-order valence-electron chi connectivity index (χ1n) is 7.72. The van der Waals surface area contributed by atoms with Gasteiger partial charge in [-0.25, -0.2) is 0 Å². The second-order valence-electron chi connectivity index (χ2n) is 5.60. The smallest absolute Gasteiger partial charge is 0.253 e. The average molecular weight is 276 g/mol. The third-order valence-electron chi connectivity index (χ3n) is 3.57. The van der Waals surface area contributed by atoms with Crippen LogP contribution < -0.4 is 10.6 Å². The number of anilines is 1. The Hall–Kier alpha value is -1.51. The molecule has 0 radical (unpaired) electrons. The van der Waals surface area contributed by atoms with Crippen LogP contribution in [0.15, 0.2) is 24.3 Å². The van der Waals surface area contributed by atoms with Crippen LogP contribution in [0.3, 0.4) is 0 Å². The largest absolute Gasteiger partial charge is 0.384 e. The molecule has 0 fully saturated rings. The van der Waals surface area contributed by atoms with E-state index in [4.69, 9.17) is 0 Å². The van der Waals surface area contributed by atoms with E-state index < -0.39 is 0 Å². The molecule has 0 aliphatic rings. The van der Waals surface area contributed by atoms with Crippen LogP contribution >= 0.6 is 0 Å². The summed E-state index contributed by atoms with van der Waals surface area (Å²) in [7, 11) is 0. The SMILES string of the molecule is CCCNc1ccccc1C(=O)NC(C)CC(C)CC. The molecule has 0 aromatic heterocycles. The number of carbonyl (C=O) groups excluding carboxylic acids is 1. The lowest BCUT2D eigenvalue weighted by Crippen LogP contribution is -2.34. The van der Waals surface area contributed by atoms with E-state index in [0.29, 0.717) is 5.92 Å². The molecule has 112 valence electrons. The van der Waals surface area contributed by atoms with Gasteiger partial charge in [-0.3, -0.25) is 4.79 Å². The zero-order valence-corrected chi connectivity index (χ0v) is 13.2. The monoisotopic (exact) mass is 276 g/mol. The van der Waals surface area contributed by atoms with Gasteiger partial charge in [0.05, 0.1) is 5.56 Å². The topological polar surface area (TPSA) is 41.1 Å². The Morgan fingerprint density at radius 2 is 1.90 bits per heavy atom. The Balaban J connectivity index is 2.67. The van der Waals surface area contributed by atoms with Gasteiger partial charge in [-0.1, -0.05) is 39.3 Å². The molecule has 2 unspecified atom stereocenters. The summed E-state index contributed by atoms with van der Waals surface area (Å²) < 4.78 is 0. The minimum Gasteiger partial charge on any atom is -0.384 e. The highest BCUT2D eigenvalue weighted by atomic mass is 16.1. The minimum atomic E-state index is 0.0139. The fourth-order valence-corrected chi connectivity index (χ4v) is 2.23. The molecule has 0 saturated carbocycles. The van der Waals surface area contributed by atoms with Crippen LogP contribution in [-0.2, 0) is 0 Å². The lowest BCUT2D eigenvalue weighted by molar-refractivity contribution is 0.0936. The Labute approximate surface area is 123 Å². The maximum Gasteiger partial charge on any atom is 0.253 e. The van der Waals surface area contributed by atoms with Crippen molar-refractivity contribution in [3.8, 4) is 0 Å². The zero-order chi connectivity index (χ0) is 15.0. The van der Waals surface area contributed by atoms with Gasteiger partial charge in [0.1, 0.15) is 0 Å². The number of hydrogen-bond donors (Lipinski definition) is 2. The number of benzene rings is 1. The first-order chi connectivity index (χ1) is 9.58. The van der Waals surface area contributed by atoms with Crippen LogP contribution in [0.1, 0.15) is 57.3 Å². The van der Waals surface area contributed by atoms with Crippen LogP contribution in [0, 0.1) is 5.92 Å². The molecular weight excluding hydrogens is 248 g/mol. The van der Waals surface area contributed by atoms with Gasteiger partial charge < -0.3 is 10.6 Å². The van der Waals surface area contributed by atoms with Crippen molar-refractivity contribution in [1.82, 2.24) is 5.32 Å². The standard InChI is InChI=1S/C17H28N2O/c1-5-11-18-16-10-8-7-9-15(16)17(20)19-14(4)12-13(3)6-2/h7-10,13-14,18H,5-6,11-12H2,1-4H3,(H,19,20). The molecule has 0 aliphatic heterocycles. The molecule has 3 heteroatoms. The van der Waals surface area contributed by atoms with Crippen LogP contribution in [0.5, 0.6) is 0 Å². The van der Waals surface area contributed by atoms with Gasteiger partial charge >= 0.3 is 0 Å². The van der Waals surface area contributed by atoms with Gasteiger partial charge in [-0.05, 0) is 37.8 Å². The summed E-state index contributed by atoms with van der Waals surface area (Å²) >= 11 is 0. The van der Waals surface area contributed by atoms with Gasteiger partial charge in [0.25, 0.3) is 5.91 Å². The summed E-state index contributed by atoms with van der Waals surface area (Å²) in [6.07, 6.45) is 3.21. The van der Waals surface area contributed by atoms with Gasteiger partial charge in [0.2, 0.25) is 0 Å². The van der Waals surface area contributed by atoms with Gasteiger partial charge in [0, 0.05) is 18.3 Å². The number of para-hydroxylation sites is 1. The van der Waals surface area contributed by atoms with Crippen molar-refractivity contribution < 1.29 is 4.79 Å². The van der Waals surface area contributed by atoms with Crippen molar-refractivity contribution in [2.24, 2.45) is 5.92 Å². The summed E-state index contributed by atoms with van der Waals surface area (Å²) in [5.41, 5.74) is 1.65. The van der Waals surface area contributed by atoms with Gasteiger partial charge in [-0.2, -0.15) is 0 Å². The van der Waals surface area contributed by atoms with E-state index in [1.807, 2.05) is 24.3 Å². The summed E-state index contributed by atoms with van der Waals surface area (Å²) in [5.74, 6) is 0.652. The van der Waals surface area contributed by atoms with Crippen molar-refractivity contribution >= 4 is 11.6 Å². The second-order valence-corrected chi connectivity index (χ2v) is 5.60. The molecule has 20 heavy (non-hydrogen) atoms. The van der Waals surface area contributed by atoms with E-state index in [1.54, 1.807) is 0 Å². The van der Waals surface area contributed by atoms with Crippen molar-refractivity contribution in [2.45, 2.75) is 53.0 Å². The summed E-state index contributed by atoms with van der Waals surface area (Å²) in [6, 6.07) is 7.91. The normalized spacial score (nSPS) is 13.6. The maximum atomic E-state index is 12.4. The third kappa shape index (κ3) is 5.24. The number of rotatable bonds is 8. The van der Waals surface area contributed by atoms with Crippen LogP contribution in [-0.4, -0.2) is 18.5 Å². The highest BCUT2D eigenvalue weighted by molar-refractivity contribution is 5.99. The van der Waals surface area contributed by atoms with E-state index in [-0.39, 0.29) is 11.9 Å². The van der Waals surface area contributed by atoms with E-state index in [2.05, 4.69) is 38.3 Å². The average Bonchev–Trinajstić information content (AvgIpc) is 2.44. The second kappa shape index (κ2) is 8.62. The Morgan fingerprint density at radius 3 is 2.55 bits per heavy atom. The van der Waals surface area contributed by atoms with Crippen molar-refractivity contribution in [3.63, 3.8) is 0 Å². The number of carbonyl (C=O) groups is 1. The first kappa shape index (κ1) is 16.5. The van der Waals surface area contributed by atoms with E-state index in [9.17, 15) is 4.79 Å².